The second-order valence-electron chi connectivity index (χ2n) is 5.44. The molecule has 5 heteroatoms. The van der Waals surface area contributed by atoms with Crippen molar-refractivity contribution in [2.24, 2.45) is 0 Å². The lowest BCUT2D eigenvalue weighted by atomic mass is 10.1. The zero-order chi connectivity index (χ0) is 16.2. The maximum absolute atomic E-state index is 13.1. The van der Waals surface area contributed by atoms with E-state index in [9.17, 15) is 4.39 Å². The molecule has 3 rings (SSSR count). The maximum Gasteiger partial charge on any atom is 0.123 e. The van der Waals surface area contributed by atoms with Gasteiger partial charge in [-0.05, 0) is 42.8 Å². The summed E-state index contributed by atoms with van der Waals surface area (Å²) in [7, 11) is 1.66. The summed E-state index contributed by atoms with van der Waals surface area (Å²) in [5.41, 5.74) is 3.06. The number of ether oxygens (including phenoxy) is 1. The first-order valence-electron chi connectivity index (χ1n) is 7.67. The minimum atomic E-state index is -0.238. The lowest BCUT2D eigenvalue weighted by Gasteiger charge is -2.20. The SMILES string of the molecule is CCn1ncc2ccc(NC(COC)c3ccc(F)cc3)cc21. The van der Waals surface area contributed by atoms with Gasteiger partial charge in [0, 0.05) is 24.7 Å². The molecule has 120 valence electrons. The Morgan fingerprint density at radius 2 is 2.00 bits per heavy atom. The number of hydrogen-bond donors (Lipinski definition) is 1. The van der Waals surface area contributed by atoms with Crippen LogP contribution < -0.4 is 5.32 Å². The van der Waals surface area contributed by atoms with Gasteiger partial charge in [0.2, 0.25) is 0 Å². The molecule has 3 aromatic rings. The van der Waals surface area contributed by atoms with Gasteiger partial charge in [-0.2, -0.15) is 5.10 Å². The third-order valence-corrected chi connectivity index (χ3v) is 3.89. The Morgan fingerprint density at radius 1 is 1.22 bits per heavy atom. The van der Waals surface area contributed by atoms with Crippen molar-refractivity contribution in [2.75, 3.05) is 19.0 Å². The number of rotatable bonds is 6. The number of methoxy groups -OCH3 is 1. The van der Waals surface area contributed by atoms with Gasteiger partial charge in [-0.3, -0.25) is 4.68 Å². The zero-order valence-corrected chi connectivity index (χ0v) is 13.3. The number of benzene rings is 2. The molecule has 0 aliphatic carbocycles. The van der Waals surface area contributed by atoms with E-state index < -0.39 is 0 Å². The van der Waals surface area contributed by atoms with E-state index in [0.29, 0.717) is 6.61 Å². The molecule has 0 spiro atoms. The average molecular weight is 313 g/mol. The van der Waals surface area contributed by atoms with Crippen molar-refractivity contribution in [3.8, 4) is 0 Å². The maximum atomic E-state index is 13.1. The molecule has 1 heterocycles. The summed E-state index contributed by atoms with van der Waals surface area (Å²) in [6, 6.07) is 12.6. The molecule has 1 aromatic heterocycles. The normalized spacial score (nSPS) is 12.5. The molecule has 0 bridgehead atoms. The Kier molecular flexibility index (Phi) is 4.57. The lowest BCUT2D eigenvalue weighted by molar-refractivity contribution is 0.186. The standard InChI is InChI=1S/C18H20FN3O/c1-3-22-18-10-16(9-6-14(18)11-20-22)21-17(12-23-2)13-4-7-15(19)8-5-13/h4-11,17,21H,3,12H2,1-2H3. The van der Waals surface area contributed by atoms with E-state index in [0.717, 1.165) is 28.7 Å². The van der Waals surface area contributed by atoms with E-state index in [1.807, 2.05) is 23.0 Å². The van der Waals surface area contributed by atoms with Crippen LogP contribution in [0.4, 0.5) is 10.1 Å². The van der Waals surface area contributed by atoms with Gasteiger partial charge in [0.15, 0.2) is 0 Å². The van der Waals surface area contributed by atoms with Crippen molar-refractivity contribution >= 4 is 16.6 Å². The quantitative estimate of drug-likeness (QED) is 0.748. The Morgan fingerprint density at radius 3 is 2.70 bits per heavy atom. The zero-order valence-electron chi connectivity index (χ0n) is 13.3. The largest absolute Gasteiger partial charge is 0.382 e. The van der Waals surface area contributed by atoms with Crippen LogP contribution in [0.15, 0.2) is 48.7 Å². The van der Waals surface area contributed by atoms with Gasteiger partial charge in [-0.15, -0.1) is 0 Å². The monoisotopic (exact) mass is 313 g/mol. The molecular weight excluding hydrogens is 293 g/mol. The predicted molar refractivity (Wildman–Crippen MR) is 90.0 cm³/mol. The second kappa shape index (κ2) is 6.79. The van der Waals surface area contributed by atoms with Crippen molar-refractivity contribution in [3.05, 3.63) is 60.0 Å². The van der Waals surface area contributed by atoms with Crippen molar-refractivity contribution < 1.29 is 9.13 Å². The molecule has 0 saturated carbocycles. The molecule has 1 atom stereocenters. The van der Waals surface area contributed by atoms with Crippen LogP contribution in [-0.2, 0) is 11.3 Å². The highest BCUT2D eigenvalue weighted by Crippen LogP contribution is 2.24. The summed E-state index contributed by atoms with van der Waals surface area (Å²) in [5.74, 6) is -0.238. The number of fused-ring (bicyclic) bond motifs is 1. The fraction of sp³-hybridized carbons (Fsp3) is 0.278. The van der Waals surface area contributed by atoms with Crippen molar-refractivity contribution in [1.82, 2.24) is 9.78 Å². The minimum Gasteiger partial charge on any atom is -0.382 e. The molecule has 0 aliphatic heterocycles. The van der Waals surface area contributed by atoms with E-state index in [2.05, 4.69) is 23.4 Å². The first kappa shape index (κ1) is 15.5. The topological polar surface area (TPSA) is 39.1 Å². The number of aryl methyl sites for hydroxylation is 1. The lowest BCUT2D eigenvalue weighted by Crippen LogP contribution is -2.16. The van der Waals surface area contributed by atoms with Gasteiger partial charge in [0.1, 0.15) is 5.82 Å². The fourth-order valence-electron chi connectivity index (χ4n) is 2.70. The minimum absolute atomic E-state index is 0.0453. The molecule has 0 amide bonds. The number of nitrogens with zero attached hydrogens (tertiary/aromatic N) is 2. The van der Waals surface area contributed by atoms with Crippen molar-refractivity contribution in [2.45, 2.75) is 19.5 Å². The smallest absolute Gasteiger partial charge is 0.123 e. The van der Waals surface area contributed by atoms with E-state index >= 15 is 0 Å². The van der Waals surface area contributed by atoms with Crippen LogP contribution in [-0.4, -0.2) is 23.5 Å². The molecule has 0 radical (unpaired) electrons. The first-order valence-corrected chi connectivity index (χ1v) is 7.67. The Labute approximate surface area is 134 Å². The molecule has 1 N–H and O–H groups in total. The highest BCUT2D eigenvalue weighted by molar-refractivity contribution is 5.82. The van der Waals surface area contributed by atoms with Crippen molar-refractivity contribution in [3.63, 3.8) is 0 Å². The van der Waals surface area contributed by atoms with Gasteiger partial charge in [0.05, 0.1) is 24.4 Å². The molecular formula is C18H20FN3O. The summed E-state index contributed by atoms with van der Waals surface area (Å²) in [5, 5.41) is 8.93. The Balaban J connectivity index is 1.88. The van der Waals surface area contributed by atoms with E-state index in [-0.39, 0.29) is 11.9 Å². The van der Waals surface area contributed by atoms with Crippen LogP contribution in [0.5, 0.6) is 0 Å². The summed E-state index contributed by atoms with van der Waals surface area (Å²) in [4.78, 5) is 0. The van der Waals surface area contributed by atoms with Gasteiger partial charge < -0.3 is 10.1 Å². The summed E-state index contributed by atoms with van der Waals surface area (Å²) < 4.78 is 20.4. The number of aromatic nitrogens is 2. The molecule has 0 saturated heterocycles. The predicted octanol–water partition coefficient (Wildman–Crippen LogP) is 3.99. The summed E-state index contributed by atoms with van der Waals surface area (Å²) >= 11 is 0. The first-order chi connectivity index (χ1) is 11.2. The van der Waals surface area contributed by atoms with E-state index in [4.69, 9.17) is 4.74 Å². The number of hydrogen-bond acceptors (Lipinski definition) is 3. The highest BCUT2D eigenvalue weighted by atomic mass is 19.1. The second-order valence-corrected chi connectivity index (χ2v) is 5.44. The molecule has 2 aromatic carbocycles. The van der Waals surface area contributed by atoms with Crippen LogP contribution in [0.3, 0.4) is 0 Å². The van der Waals surface area contributed by atoms with Gasteiger partial charge in [0.25, 0.3) is 0 Å². The van der Waals surface area contributed by atoms with Crippen LogP contribution in [0, 0.1) is 5.82 Å². The third-order valence-electron chi connectivity index (χ3n) is 3.89. The number of halogens is 1. The van der Waals surface area contributed by atoms with Crippen LogP contribution in [0.1, 0.15) is 18.5 Å². The molecule has 1 unspecified atom stereocenters. The Bertz CT molecular complexity index is 783. The molecule has 23 heavy (non-hydrogen) atoms. The number of anilines is 1. The van der Waals surface area contributed by atoms with Gasteiger partial charge in [-0.1, -0.05) is 12.1 Å². The summed E-state index contributed by atoms with van der Waals surface area (Å²) in [6.07, 6.45) is 1.87. The third kappa shape index (κ3) is 3.35. The van der Waals surface area contributed by atoms with Crippen LogP contribution in [0.25, 0.3) is 10.9 Å². The number of nitrogens with one attached hydrogen (secondary N) is 1. The average Bonchev–Trinajstić information content (AvgIpc) is 2.97. The highest BCUT2D eigenvalue weighted by Gasteiger charge is 2.12. The van der Waals surface area contributed by atoms with Crippen LogP contribution >= 0.6 is 0 Å². The van der Waals surface area contributed by atoms with E-state index in [1.54, 1.807) is 19.2 Å². The molecule has 0 fully saturated rings. The summed E-state index contributed by atoms with van der Waals surface area (Å²) in [6.45, 7) is 3.39. The van der Waals surface area contributed by atoms with Crippen molar-refractivity contribution in [1.29, 1.82) is 0 Å². The van der Waals surface area contributed by atoms with Gasteiger partial charge in [-0.25, -0.2) is 4.39 Å². The molecule has 0 aliphatic rings. The Hall–Kier alpha value is -2.40. The van der Waals surface area contributed by atoms with E-state index in [1.165, 1.54) is 12.1 Å². The molecule has 4 nitrogen and oxygen atoms in total. The van der Waals surface area contributed by atoms with Crippen LogP contribution in [0.2, 0.25) is 0 Å². The fourth-order valence-corrected chi connectivity index (χ4v) is 2.70. The van der Waals surface area contributed by atoms with Gasteiger partial charge >= 0.3 is 0 Å².